The molecule has 0 spiro atoms. The van der Waals surface area contributed by atoms with Crippen LogP contribution in [-0.4, -0.2) is 45.8 Å². The van der Waals surface area contributed by atoms with Gasteiger partial charge in [-0.1, -0.05) is 0 Å². The number of carbonyl (C=O) groups excluding carboxylic acids is 1. The molecule has 4 heteroatoms. The maximum Gasteiger partial charge on any atom is 0.135 e. The first kappa shape index (κ1) is 11.0. The zero-order valence-corrected chi connectivity index (χ0v) is 8.98. The maximum absolute atomic E-state index is 11.1. The van der Waals surface area contributed by atoms with E-state index in [9.17, 15) is 15.0 Å². The van der Waals surface area contributed by atoms with Crippen molar-refractivity contribution in [3.63, 3.8) is 0 Å². The van der Waals surface area contributed by atoms with Crippen molar-refractivity contribution < 1.29 is 15.0 Å². The van der Waals surface area contributed by atoms with E-state index in [1.807, 2.05) is 4.90 Å². The number of Topliss-reactive ketones (excluding diaryl/α,β-unsaturated/α-hetero) is 1. The van der Waals surface area contributed by atoms with Crippen LogP contribution >= 0.6 is 0 Å². The zero-order valence-electron chi connectivity index (χ0n) is 8.98. The lowest BCUT2D eigenvalue weighted by Crippen LogP contribution is -2.54. The highest BCUT2D eigenvalue weighted by atomic mass is 16.3. The summed E-state index contributed by atoms with van der Waals surface area (Å²) in [7, 11) is 0. The Morgan fingerprint density at radius 3 is 2.27 bits per heavy atom. The van der Waals surface area contributed by atoms with Gasteiger partial charge in [0.2, 0.25) is 0 Å². The Labute approximate surface area is 89.9 Å². The summed E-state index contributed by atoms with van der Waals surface area (Å²) < 4.78 is 0. The van der Waals surface area contributed by atoms with Crippen molar-refractivity contribution in [1.82, 2.24) is 4.90 Å². The lowest BCUT2D eigenvalue weighted by atomic mass is 9.87. The first-order chi connectivity index (χ1) is 7.10. The van der Waals surface area contributed by atoms with Crippen LogP contribution in [0.15, 0.2) is 0 Å². The van der Waals surface area contributed by atoms with E-state index < -0.39 is 5.72 Å². The van der Waals surface area contributed by atoms with E-state index in [0.29, 0.717) is 57.4 Å². The molecule has 2 aliphatic rings. The van der Waals surface area contributed by atoms with Gasteiger partial charge in [0.1, 0.15) is 11.5 Å². The predicted octanol–water partition coefficient (Wildman–Crippen LogP) is 0.275. The second-order valence-electron chi connectivity index (χ2n) is 4.74. The molecule has 1 saturated carbocycles. The Hall–Kier alpha value is -0.450. The fraction of sp³-hybridized carbons (Fsp3) is 0.909. The van der Waals surface area contributed by atoms with Crippen LogP contribution in [-0.2, 0) is 4.79 Å². The summed E-state index contributed by atoms with van der Waals surface area (Å²) in [6, 6.07) is 0. The second kappa shape index (κ2) is 4.20. The van der Waals surface area contributed by atoms with Crippen LogP contribution in [0.25, 0.3) is 0 Å². The second-order valence-corrected chi connectivity index (χ2v) is 4.74. The molecule has 86 valence electrons. The van der Waals surface area contributed by atoms with E-state index in [-0.39, 0.29) is 6.10 Å². The first-order valence-electron chi connectivity index (χ1n) is 5.77. The Kier molecular flexibility index (Phi) is 3.09. The number of aliphatic hydroxyl groups is 2. The predicted molar refractivity (Wildman–Crippen MR) is 55.2 cm³/mol. The van der Waals surface area contributed by atoms with Gasteiger partial charge in [0.15, 0.2) is 0 Å². The number of rotatable bonds is 1. The topological polar surface area (TPSA) is 60.8 Å². The minimum atomic E-state index is -0.764. The summed E-state index contributed by atoms with van der Waals surface area (Å²) in [6.07, 6.45) is 3.46. The highest BCUT2D eigenvalue weighted by Gasteiger charge is 2.39. The van der Waals surface area contributed by atoms with Crippen molar-refractivity contribution in [3.05, 3.63) is 0 Å². The first-order valence-corrected chi connectivity index (χ1v) is 5.77. The molecular weight excluding hydrogens is 194 g/mol. The lowest BCUT2D eigenvalue weighted by molar-refractivity contribution is -0.156. The molecule has 0 bridgehead atoms. The van der Waals surface area contributed by atoms with E-state index in [1.165, 1.54) is 0 Å². The van der Waals surface area contributed by atoms with Gasteiger partial charge in [0, 0.05) is 25.9 Å². The molecule has 2 N–H and O–H groups in total. The largest absolute Gasteiger partial charge is 0.393 e. The van der Waals surface area contributed by atoms with E-state index in [4.69, 9.17) is 0 Å². The number of aliphatic hydroxyl groups excluding tert-OH is 1. The smallest absolute Gasteiger partial charge is 0.135 e. The molecule has 15 heavy (non-hydrogen) atoms. The highest BCUT2D eigenvalue weighted by Crippen LogP contribution is 2.32. The molecule has 0 aromatic heterocycles. The minimum Gasteiger partial charge on any atom is -0.393 e. The summed E-state index contributed by atoms with van der Waals surface area (Å²) in [6.45, 7) is 1.34. The number of piperidine rings is 1. The minimum absolute atomic E-state index is 0.253. The fourth-order valence-corrected chi connectivity index (χ4v) is 2.55. The van der Waals surface area contributed by atoms with Crippen molar-refractivity contribution in [3.8, 4) is 0 Å². The highest BCUT2D eigenvalue weighted by molar-refractivity contribution is 5.79. The molecule has 1 heterocycles. The third kappa shape index (κ3) is 2.38. The molecule has 0 aromatic carbocycles. The van der Waals surface area contributed by atoms with Gasteiger partial charge in [0.25, 0.3) is 0 Å². The van der Waals surface area contributed by atoms with Gasteiger partial charge in [-0.15, -0.1) is 0 Å². The number of likely N-dealkylation sites (tertiary alicyclic amines) is 1. The summed E-state index contributed by atoms with van der Waals surface area (Å²) in [5.41, 5.74) is -0.764. The zero-order chi connectivity index (χ0) is 10.9. The summed E-state index contributed by atoms with van der Waals surface area (Å²) in [5, 5.41) is 19.8. The van der Waals surface area contributed by atoms with Crippen molar-refractivity contribution in [1.29, 1.82) is 0 Å². The fourth-order valence-electron chi connectivity index (χ4n) is 2.55. The summed E-state index contributed by atoms with van der Waals surface area (Å²) in [5.74, 6) is 0.297. The average Bonchev–Trinajstić information content (AvgIpc) is 2.24. The van der Waals surface area contributed by atoms with Gasteiger partial charge >= 0.3 is 0 Å². The quantitative estimate of drug-likeness (QED) is 0.656. The van der Waals surface area contributed by atoms with Crippen LogP contribution in [0, 0.1) is 0 Å². The molecule has 0 amide bonds. The molecule has 0 radical (unpaired) electrons. The standard InChI is InChI=1S/C11H19NO3/c13-9-1-5-11(15,6-2-9)12-7-3-10(14)4-8-12/h9,13,15H,1-8H2. The van der Waals surface area contributed by atoms with E-state index >= 15 is 0 Å². The number of hydrogen-bond acceptors (Lipinski definition) is 4. The van der Waals surface area contributed by atoms with Gasteiger partial charge in [-0.3, -0.25) is 9.69 Å². The Bertz CT molecular complexity index is 236. The molecule has 0 aromatic rings. The van der Waals surface area contributed by atoms with Gasteiger partial charge in [-0.25, -0.2) is 0 Å². The molecule has 2 rings (SSSR count). The van der Waals surface area contributed by atoms with Crippen molar-refractivity contribution in [2.24, 2.45) is 0 Å². The van der Waals surface area contributed by atoms with E-state index in [1.54, 1.807) is 0 Å². The van der Waals surface area contributed by atoms with E-state index in [2.05, 4.69) is 0 Å². The van der Waals surface area contributed by atoms with Gasteiger partial charge in [-0.05, 0) is 25.7 Å². The molecule has 1 aliphatic carbocycles. The van der Waals surface area contributed by atoms with E-state index in [0.717, 1.165) is 0 Å². The monoisotopic (exact) mass is 213 g/mol. The van der Waals surface area contributed by atoms with Gasteiger partial charge in [-0.2, -0.15) is 0 Å². The van der Waals surface area contributed by atoms with Crippen LogP contribution in [0.3, 0.4) is 0 Å². The number of nitrogens with zero attached hydrogens (tertiary/aromatic N) is 1. The van der Waals surface area contributed by atoms with Crippen LogP contribution in [0.1, 0.15) is 38.5 Å². The average molecular weight is 213 g/mol. The van der Waals surface area contributed by atoms with Crippen molar-refractivity contribution in [2.75, 3.05) is 13.1 Å². The molecule has 4 nitrogen and oxygen atoms in total. The van der Waals surface area contributed by atoms with Gasteiger partial charge in [0.05, 0.1) is 6.10 Å². The number of ketones is 1. The molecule has 0 unspecified atom stereocenters. The number of hydrogen-bond donors (Lipinski definition) is 2. The SMILES string of the molecule is O=C1CCN(C2(O)CCC(O)CC2)CC1. The Morgan fingerprint density at radius 2 is 1.73 bits per heavy atom. The molecular formula is C11H19NO3. The normalized spacial score (nSPS) is 39.3. The van der Waals surface area contributed by atoms with Crippen LogP contribution in [0.2, 0.25) is 0 Å². The third-order valence-electron chi connectivity index (χ3n) is 3.67. The van der Waals surface area contributed by atoms with Crippen LogP contribution < -0.4 is 0 Å². The molecule has 2 fully saturated rings. The number of carbonyl (C=O) groups is 1. The van der Waals surface area contributed by atoms with Crippen molar-refractivity contribution >= 4 is 5.78 Å². The molecule has 0 atom stereocenters. The maximum atomic E-state index is 11.1. The summed E-state index contributed by atoms with van der Waals surface area (Å²) >= 11 is 0. The molecule has 1 aliphatic heterocycles. The third-order valence-corrected chi connectivity index (χ3v) is 3.67. The van der Waals surface area contributed by atoms with Gasteiger partial charge < -0.3 is 10.2 Å². The lowest BCUT2D eigenvalue weighted by Gasteiger charge is -2.44. The van der Waals surface area contributed by atoms with Crippen LogP contribution in [0.5, 0.6) is 0 Å². The van der Waals surface area contributed by atoms with Crippen LogP contribution in [0.4, 0.5) is 0 Å². The molecule has 1 saturated heterocycles. The summed E-state index contributed by atoms with van der Waals surface area (Å²) in [4.78, 5) is 13.1. The van der Waals surface area contributed by atoms with Crippen molar-refractivity contribution in [2.45, 2.75) is 50.4 Å². The Balaban J connectivity index is 1.94. The Morgan fingerprint density at radius 1 is 1.20 bits per heavy atom.